The molecule has 0 aliphatic heterocycles. The van der Waals surface area contributed by atoms with E-state index in [0.717, 1.165) is 66.6 Å². The summed E-state index contributed by atoms with van der Waals surface area (Å²) >= 11 is 0. The van der Waals surface area contributed by atoms with Crippen LogP contribution in [0.1, 0.15) is 0 Å². The van der Waals surface area contributed by atoms with E-state index in [1.807, 2.05) is 0 Å². The zero-order valence-electron chi connectivity index (χ0n) is 38.2. The summed E-state index contributed by atoms with van der Waals surface area (Å²) in [6.45, 7) is 0. The third kappa shape index (κ3) is 6.42. The number of furan rings is 1. The Hall–Kier alpha value is -9.24. The minimum atomic E-state index is 0.874. The van der Waals surface area contributed by atoms with Crippen LogP contribution in [-0.2, 0) is 0 Å². The lowest BCUT2D eigenvalue weighted by Gasteiger charge is -2.29. The zero-order chi connectivity index (χ0) is 46.1. The molecule has 0 atom stereocenters. The topological polar surface area (TPSA) is 16.4 Å². The molecule has 1 heterocycles. The Labute approximate surface area is 405 Å². The normalized spacial score (nSPS) is 11.7. The fourth-order valence-corrected chi connectivity index (χ4v) is 11.2. The van der Waals surface area contributed by atoms with Gasteiger partial charge in [0.1, 0.15) is 11.2 Å². The molecule has 0 unspecified atom stereocenters. The summed E-state index contributed by atoms with van der Waals surface area (Å²) < 4.78 is 6.76. The van der Waals surface area contributed by atoms with Crippen LogP contribution in [0, 0.1) is 0 Å². The van der Waals surface area contributed by atoms with E-state index in [1.165, 1.54) is 70.7 Å². The molecule has 14 rings (SSSR count). The third-order valence-corrected chi connectivity index (χ3v) is 14.4. The summed E-state index contributed by atoms with van der Waals surface area (Å²) in [6, 6.07) is 95.2. The van der Waals surface area contributed by atoms with Crippen molar-refractivity contribution in [3.63, 3.8) is 0 Å². The van der Waals surface area contributed by atoms with Crippen LogP contribution in [0.4, 0.5) is 17.1 Å². The monoisotopic (exact) mass is 889 g/mol. The maximum Gasteiger partial charge on any atom is 0.143 e. The molecule has 0 saturated carbocycles. The maximum atomic E-state index is 6.76. The summed E-state index contributed by atoms with van der Waals surface area (Å²) in [5.41, 5.74) is 14.4. The van der Waals surface area contributed by atoms with Crippen LogP contribution < -0.4 is 4.90 Å². The fraction of sp³-hybridized carbons (Fsp3) is 0. The highest BCUT2D eigenvalue weighted by Gasteiger charge is 2.23. The van der Waals surface area contributed by atoms with Crippen molar-refractivity contribution in [3.05, 3.63) is 261 Å². The van der Waals surface area contributed by atoms with Gasteiger partial charge in [0, 0.05) is 33.1 Å². The van der Waals surface area contributed by atoms with E-state index < -0.39 is 0 Å². The fourth-order valence-electron chi connectivity index (χ4n) is 11.2. The summed E-state index contributed by atoms with van der Waals surface area (Å²) in [5.74, 6) is 0. The smallest absolute Gasteiger partial charge is 0.143 e. The first-order valence-corrected chi connectivity index (χ1v) is 24.1. The number of nitrogens with zero attached hydrogens (tertiary/aromatic N) is 1. The molecule has 2 heteroatoms. The number of fused-ring (bicyclic) bond motifs is 11. The number of rotatable bonds is 7. The van der Waals surface area contributed by atoms with E-state index in [0.29, 0.717) is 0 Å². The van der Waals surface area contributed by atoms with Crippen molar-refractivity contribution in [2.45, 2.75) is 0 Å². The first kappa shape index (κ1) is 39.9. The molecule has 0 aliphatic rings. The van der Waals surface area contributed by atoms with Crippen LogP contribution in [0.15, 0.2) is 265 Å². The Morgan fingerprint density at radius 3 is 1.61 bits per heavy atom. The second-order valence-corrected chi connectivity index (χ2v) is 18.3. The lowest BCUT2D eigenvalue weighted by molar-refractivity contribution is 0.673. The van der Waals surface area contributed by atoms with Crippen molar-refractivity contribution in [3.8, 4) is 44.5 Å². The lowest BCUT2D eigenvalue weighted by Crippen LogP contribution is -2.11. The predicted octanol–water partition coefficient (Wildman–Crippen LogP) is 19.5. The van der Waals surface area contributed by atoms with E-state index >= 15 is 0 Å². The Kier molecular flexibility index (Phi) is 9.25. The molecule has 0 spiro atoms. The number of hydrogen-bond donors (Lipinski definition) is 0. The Morgan fingerprint density at radius 2 is 0.800 bits per heavy atom. The molecule has 14 aromatic rings. The van der Waals surface area contributed by atoms with Crippen LogP contribution in [-0.4, -0.2) is 0 Å². The molecule has 0 aliphatic carbocycles. The van der Waals surface area contributed by atoms with Gasteiger partial charge in [-0.2, -0.15) is 0 Å². The maximum absolute atomic E-state index is 6.76. The van der Waals surface area contributed by atoms with Crippen LogP contribution >= 0.6 is 0 Å². The minimum Gasteiger partial charge on any atom is -0.455 e. The van der Waals surface area contributed by atoms with Gasteiger partial charge in [-0.1, -0.05) is 212 Å². The second kappa shape index (κ2) is 16.2. The van der Waals surface area contributed by atoms with Gasteiger partial charge in [-0.05, 0) is 136 Å². The molecule has 326 valence electrons. The van der Waals surface area contributed by atoms with Crippen molar-refractivity contribution in [1.82, 2.24) is 0 Å². The van der Waals surface area contributed by atoms with Crippen molar-refractivity contribution >= 4 is 92.9 Å². The van der Waals surface area contributed by atoms with Gasteiger partial charge < -0.3 is 9.32 Å². The molecule has 0 bridgehead atoms. The van der Waals surface area contributed by atoms with Gasteiger partial charge in [-0.15, -0.1) is 0 Å². The van der Waals surface area contributed by atoms with Crippen LogP contribution in [0.25, 0.3) is 120 Å². The number of para-hydroxylation sites is 1. The summed E-state index contributed by atoms with van der Waals surface area (Å²) in [5, 5.41) is 14.4. The molecule has 0 amide bonds. The molecule has 0 fully saturated rings. The van der Waals surface area contributed by atoms with Crippen LogP contribution in [0.3, 0.4) is 0 Å². The Bertz CT molecular complexity index is 4360. The average Bonchev–Trinajstić information content (AvgIpc) is 3.83. The van der Waals surface area contributed by atoms with E-state index in [2.05, 4.69) is 266 Å². The van der Waals surface area contributed by atoms with E-state index in [4.69, 9.17) is 4.42 Å². The number of benzene rings is 13. The zero-order valence-corrected chi connectivity index (χ0v) is 38.2. The van der Waals surface area contributed by atoms with Crippen LogP contribution in [0.2, 0.25) is 0 Å². The molecule has 13 aromatic carbocycles. The summed E-state index contributed by atoms with van der Waals surface area (Å²) in [6.07, 6.45) is 0. The van der Waals surface area contributed by atoms with Gasteiger partial charge in [0.15, 0.2) is 0 Å². The summed E-state index contributed by atoms with van der Waals surface area (Å²) in [4.78, 5) is 2.45. The van der Waals surface area contributed by atoms with Gasteiger partial charge in [-0.25, -0.2) is 0 Å². The molecular formula is C68H43NO. The number of anilines is 3. The minimum absolute atomic E-state index is 0.874. The van der Waals surface area contributed by atoms with Crippen LogP contribution in [0.5, 0.6) is 0 Å². The van der Waals surface area contributed by atoms with E-state index in [1.54, 1.807) is 0 Å². The third-order valence-electron chi connectivity index (χ3n) is 14.4. The second-order valence-electron chi connectivity index (χ2n) is 18.3. The van der Waals surface area contributed by atoms with Crippen molar-refractivity contribution in [1.29, 1.82) is 0 Å². The van der Waals surface area contributed by atoms with Gasteiger partial charge in [-0.3, -0.25) is 0 Å². The highest BCUT2D eigenvalue weighted by Crippen LogP contribution is 2.49. The molecule has 70 heavy (non-hydrogen) atoms. The molecule has 2 nitrogen and oxygen atoms in total. The molecule has 1 aromatic heterocycles. The van der Waals surface area contributed by atoms with Gasteiger partial charge in [0.05, 0.1) is 5.69 Å². The first-order chi connectivity index (χ1) is 34.7. The summed E-state index contributed by atoms with van der Waals surface area (Å²) in [7, 11) is 0. The SMILES string of the molecule is c1ccc(-c2c(-c3ccccc3)c3cc(-c4cccc(N(c5ccc6c(ccc7ccccc76)c5)c5ccccc5-c5cccc6oc7c8ccccc8ccc7c56)c4)ccc3c3ccccc23)cc1. The highest BCUT2D eigenvalue weighted by molar-refractivity contribution is 6.23. The van der Waals surface area contributed by atoms with Crippen molar-refractivity contribution in [2.24, 2.45) is 0 Å². The van der Waals surface area contributed by atoms with Crippen molar-refractivity contribution < 1.29 is 4.42 Å². The van der Waals surface area contributed by atoms with Crippen molar-refractivity contribution in [2.75, 3.05) is 4.90 Å². The largest absolute Gasteiger partial charge is 0.455 e. The highest BCUT2D eigenvalue weighted by atomic mass is 16.3. The average molecular weight is 890 g/mol. The van der Waals surface area contributed by atoms with E-state index in [-0.39, 0.29) is 0 Å². The standard InChI is InChI=1S/C68H43NO/c1-3-19-46(20-4-1)65-59-29-12-11-27-56(59)57-38-36-49(43-62(57)66(65)47-21-5-2-6-22-47)48-23-15-24-51(41-48)69(52-37-40-54-50(42-52)34-33-44-17-7-9-25-53(44)54)63-31-14-13-28-58(63)60-30-16-32-64-67(60)61-39-35-45-18-8-10-26-55(45)68(61)70-64/h1-43H. The van der Waals surface area contributed by atoms with Gasteiger partial charge in [0.2, 0.25) is 0 Å². The Morgan fingerprint density at radius 1 is 0.271 bits per heavy atom. The first-order valence-electron chi connectivity index (χ1n) is 24.1. The van der Waals surface area contributed by atoms with Gasteiger partial charge >= 0.3 is 0 Å². The molecular weight excluding hydrogens is 847 g/mol. The lowest BCUT2D eigenvalue weighted by atomic mass is 9.84. The molecule has 0 radical (unpaired) electrons. The number of hydrogen-bond acceptors (Lipinski definition) is 2. The Balaban J connectivity index is 0.998. The van der Waals surface area contributed by atoms with E-state index in [9.17, 15) is 0 Å². The quantitative estimate of drug-likeness (QED) is 0.148. The van der Waals surface area contributed by atoms with Gasteiger partial charge in [0.25, 0.3) is 0 Å². The molecule has 0 N–H and O–H groups in total. The molecule has 0 saturated heterocycles. The predicted molar refractivity (Wildman–Crippen MR) is 298 cm³/mol.